The van der Waals surface area contributed by atoms with E-state index in [9.17, 15) is 0 Å². The van der Waals surface area contributed by atoms with Gasteiger partial charge < -0.3 is 20.1 Å². The van der Waals surface area contributed by atoms with Gasteiger partial charge >= 0.3 is 0 Å². The molecular weight excluding hydrogens is 566 g/mol. The van der Waals surface area contributed by atoms with Gasteiger partial charge in [0, 0.05) is 43.5 Å². The van der Waals surface area contributed by atoms with E-state index in [0.717, 1.165) is 79.9 Å². The first kappa shape index (κ1) is 30.0. The first-order chi connectivity index (χ1) is 22.8. The maximum atomic E-state index is 15.2. The lowest BCUT2D eigenvalue weighted by Gasteiger charge is -2.48. The maximum absolute atomic E-state index is 15.2. The van der Waals surface area contributed by atoms with E-state index in [0.29, 0.717) is 0 Å². The lowest BCUT2D eigenvalue weighted by atomic mass is 9.63. The number of imidazole rings is 1. The minimum atomic E-state index is -0.766. The van der Waals surface area contributed by atoms with Crippen LogP contribution in [-0.2, 0) is 10.2 Å². The van der Waals surface area contributed by atoms with Gasteiger partial charge in [-0.15, -0.1) is 0 Å². The average molecular weight is 610 g/mol. The smallest absolute Gasteiger partial charge is 0.230 e. The van der Waals surface area contributed by atoms with Crippen LogP contribution >= 0.6 is 0 Å². The van der Waals surface area contributed by atoms with Crippen molar-refractivity contribution in [2.24, 2.45) is 5.92 Å². The molecule has 0 bridgehead atoms. The summed E-state index contributed by atoms with van der Waals surface area (Å²) in [5.74, 6) is 0.147. The molecule has 7 rings (SSSR count). The van der Waals surface area contributed by atoms with E-state index in [4.69, 9.17) is 0 Å². The van der Waals surface area contributed by atoms with Crippen molar-refractivity contribution in [2.45, 2.75) is 43.6 Å². The number of rotatable bonds is 9. The summed E-state index contributed by atoms with van der Waals surface area (Å²) in [5, 5.41) is 3.46. The highest BCUT2D eigenvalue weighted by atomic mass is 16.2. The molecule has 1 atom stereocenters. The van der Waals surface area contributed by atoms with Crippen LogP contribution < -0.4 is 15.1 Å². The second-order valence-corrected chi connectivity index (χ2v) is 12.6. The van der Waals surface area contributed by atoms with Gasteiger partial charge in [0.15, 0.2) is 0 Å². The number of nitrogens with one attached hydrogen (secondary N) is 2. The molecule has 1 aromatic heterocycles. The number of nitrogens with zero attached hydrogens (tertiary/aromatic N) is 3. The van der Waals surface area contributed by atoms with Crippen LogP contribution in [0.3, 0.4) is 0 Å². The predicted octanol–water partition coefficient (Wildman–Crippen LogP) is 7.51. The Morgan fingerprint density at radius 1 is 0.739 bits per heavy atom. The normalized spacial score (nSPS) is 16.6. The van der Waals surface area contributed by atoms with Gasteiger partial charge in [-0.05, 0) is 53.8 Å². The van der Waals surface area contributed by atoms with E-state index in [2.05, 4.69) is 140 Å². The molecule has 2 aliphatic rings. The number of carbonyl (C=O) groups is 1. The number of hydrogen-bond donors (Lipinski definition) is 2. The van der Waals surface area contributed by atoms with E-state index in [1.807, 2.05) is 6.20 Å². The summed E-state index contributed by atoms with van der Waals surface area (Å²) in [6.07, 6.45) is 8.84. The third-order valence-electron chi connectivity index (χ3n) is 9.97. The molecule has 6 nitrogen and oxygen atoms in total. The lowest BCUT2D eigenvalue weighted by Crippen LogP contribution is -2.50. The number of piperazine rings is 1. The highest BCUT2D eigenvalue weighted by Gasteiger charge is 2.50. The van der Waals surface area contributed by atoms with Crippen LogP contribution in [0.4, 0.5) is 11.4 Å². The summed E-state index contributed by atoms with van der Waals surface area (Å²) in [5.41, 5.74) is 5.57. The SMILES string of the molecule is O=C(C1CCCCC1)N(c1ccc(N2CCNCC2)cc1)C(c1cnc[nH]1)C(c1ccccc1)(c1ccccc1)c1ccccc1. The zero-order valence-electron chi connectivity index (χ0n) is 26.4. The maximum Gasteiger partial charge on any atom is 0.230 e. The van der Waals surface area contributed by atoms with Gasteiger partial charge in [0.1, 0.15) is 0 Å². The molecule has 1 saturated heterocycles. The molecule has 2 fully saturated rings. The Kier molecular flexibility index (Phi) is 8.97. The molecule has 2 heterocycles. The summed E-state index contributed by atoms with van der Waals surface area (Å²) < 4.78 is 0. The van der Waals surface area contributed by atoms with Crippen molar-refractivity contribution in [3.63, 3.8) is 0 Å². The number of hydrogen-bond acceptors (Lipinski definition) is 4. The fourth-order valence-corrected chi connectivity index (χ4v) is 7.76. The molecular formula is C40H43N5O. The number of anilines is 2. The number of aromatic nitrogens is 2. The van der Waals surface area contributed by atoms with Crippen molar-refractivity contribution in [1.29, 1.82) is 0 Å². The Hall–Kier alpha value is -4.68. The molecule has 1 saturated carbocycles. The van der Waals surface area contributed by atoms with Gasteiger partial charge in [0.2, 0.25) is 5.91 Å². The molecule has 1 amide bonds. The summed E-state index contributed by atoms with van der Waals surface area (Å²) in [4.78, 5) is 27.8. The molecule has 1 aliphatic heterocycles. The zero-order valence-corrected chi connectivity index (χ0v) is 26.4. The topological polar surface area (TPSA) is 64.3 Å². The van der Waals surface area contributed by atoms with Crippen LogP contribution in [0.5, 0.6) is 0 Å². The standard InChI is InChI=1S/C40H43N5O/c46-39(31-13-5-1-6-14-31)45(36-23-21-35(22-24-36)44-27-25-41-26-28-44)38(37-29-42-30-43-37)40(32-15-7-2-8-16-32,33-17-9-3-10-18-33)34-19-11-4-12-20-34/h2-4,7-12,15-24,29-31,38,41H,1,5-6,13-14,25-28H2,(H,42,43). The first-order valence-corrected chi connectivity index (χ1v) is 16.8. The molecule has 1 unspecified atom stereocenters. The van der Waals surface area contributed by atoms with E-state index < -0.39 is 11.5 Å². The van der Waals surface area contributed by atoms with Gasteiger partial charge in [-0.25, -0.2) is 4.98 Å². The van der Waals surface area contributed by atoms with Gasteiger partial charge in [0.25, 0.3) is 0 Å². The van der Waals surface area contributed by atoms with Crippen molar-refractivity contribution in [1.82, 2.24) is 15.3 Å². The summed E-state index contributed by atoms with van der Waals surface area (Å²) in [6.45, 7) is 3.90. The Labute approximate surface area is 272 Å². The highest BCUT2D eigenvalue weighted by molar-refractivity contribution is 5.96. The molecule has 6 heteroatoms. The summed E-state index contributed by atoms with van der Waals surface area (Å²) in [7, 11) is 0. The van der Waals surface area contributed by atoms with Gasteiger partial charge in [-0.1, -0.05) is 110 Å². The minimum absolute atomic E-state index is 0.0352. The van der Waals surface area contributed by atoms with Gasteiger partial charge in [-0.3, -0.25) is 4.79 Å². The van der Waals surface area contributed by atoms with E-state index >= 15 is 4.79 Å². The average Bonchev–Trinajstić information content (AvgIpc) is 3.68. The van der Waals surface area contributed by atoms with Gasteiger partial charge in [-0.2, -0.15) is 0 Å². The lowest BCUT2D eigenvalue weighted by molar-refractivity contribution is -0.124. The molecule has 4 aromatic carbocycles. The first-order valence-electron chi connectivity index (χ1n) is 16.8. The van der Waals surface area contributed by atoms with Crippen LogP contribution in [0.1, 0.15) is 60.5 Å². The molecule has 0 radical (unpaired) electrons. The fraction of sp³-hybridized carbons (Fsp3) is 0.300. The number of carbonyl (C=O) groups excluding carboxylic acids is 1. The fourth-order valence-electron chi connectivity index (χ4n) is 7.76. The Morgan fingerprint density at radius 3 is 1.78 bits per heavy atom. The predicted molar refractivity (Wildman–Crippen MR) is 186 cm³/mol. The number of amides is 1. The molecule has 1 aliphatic carbocycles. The molecule has 46 heavy (non-hydrogen) atoms. The quantitative estimate of drug-likeness (QED) is 0.170. The van der Waals surface area contributed by atoms with Gasteiger partial charge in [0.05, 0.1) is 29.7 Å². The second-order valence-electron chi connectivity index (χ2n) is 12.6. The largest absolute Gasteiger partial charge is 0.369 e. The molecule has 0 spiro atoms. The molecule has 5 aromatic rings. The zero-order chi connectivity index (χ0) is 31.2. The van der Waals surface area contributed by atoms with Crippen LogP contribution in [0.2, 0.25) is 0 Å². The van der Waals surface area contributed by atoms with Crippen molar-refractivity contribution in [3.05, 3.63) is 150 Å². The van der Waals surface area contributed by atoms with Crippen molar-refractivity contribution in [2.75, 3.05) is 36.0 Å². The Bertz CT molecular complexity index is 1560. The van der Waals surface area contributed by atoms with Crippen LogP contribution in [0.25, 0.3) is 0 Å². The van der Waals surface area contributed by atoms with Crippen molar-refractivity contribution < 1.29 is 4.79 Å². The monoisotopic (exact) mass is 609 g/mol. The Balaban J connectivity index is 1.50. The van der Waals surface area contributed by atoms with Crippen LogP contribution in [-0.4, -0.2) is 42.1 Å². The minimum Gasteiger partial charge on any atom is -0.369 e. The second kappa shape index (κ2) is 13.8. The third kappa shape index (κ3) is 5.74. The third-order valence-corrected chi connectivity index (χ3v) is 9.97. The molecule has 2 N–H and O–H groups in total. The van der Waals surface area contributed by atoms with Crippen molar-refractivity contribution in [3.8, 4) is 0 Å². The number of H-pyrrole nitrogens is 1. The van der Waals surface area contributed by atoms with E-state index in [1.165, 1.54) is 12.1 Å². The summed E-state index contributed by atoms with van der Waals surface area (Å²) >= 11 is 0. The van der Waals surface area contributed by atoms with E-state index in [1.54, 1.807) is 6.33 Å². The van der Waals surface area contributed by atoms with E-state index in [-0.39, 0.29) is 11.8 Å². The number of benzene rings is 4. The number of aromatic amines is 1. The highest BCUT2D eigenvalue weighted by Crippen LogP contribution is 2.52. The van der Waals surface area contributed by atoms with Crippen LogP contribution in [0.15, 0.2) is 128 Å². The van der Waals surface area contributed by atoms with Crippen molar-refractivity contribution >= 4 is 17.3 Å². The van der Waals surface area contributed by atoms with Crippen LogP contribution in [0, 0.1) is 5.92 Å². The molecule has 234 valence electrons. The Morgan fingerprint density at radius 2 is 1.28 bits per heavy atom. The summed E-state index contributed by atoms with van der Waals surface area (Å²) in [6, 6.07) is 40.3.